The summed E-state index contributed by atoms with van der Waals surface area (Å²) in [6.45, 7) is 3.12. The molecule has 0 radical (unpaired) electrons. The van der Waals surface area contributed by atoms with Crippen LogP contribution >= 0.6 is 27.5 Å². The van der Waals surface area contributed by atoms with Crippen molar-refractivity contribution < 1.29 is 0 Å². The summed E-state index contributed by atoms with van der Waals surface area (Å²) >= 11 is 9.56. The highest BCUT2D eigenvalue weighted by molar-refractivity contribution is 9.10. The van der Waals surface area contributed by atoms with Gasteiger partial charge in [0, 0.05) is 15.5 Å². The lowest BCUT2D eigenvalue weighted by Gasteiger charge is -2.19. The van der Waals surface area contributed by atoms with Gasteiger partial charge in [-0.2, -0.15) is 0 Å². The van der Waals surface area contributed by atoms with Crippen molar-refractivity contribution in [1.29, 1.82) is 0 Å². The SMILES string of the molecule is CCNC(Cc1ccc(Cl)cc1)Cc1ccccc1Br. The van der Waals surface area contributed by atoms with Crippen molar-refractivity contribution >= 4 is 27.5 Å². The van der Waals surface area contributed by atoms with E-state index in [1.807, 2.05) is 12.1 Å². The highest BCUT2D eigenvalue weighted by atomic mass is 79.9. The van der Waals surface area contributed by atoms with Gasteiger partial charge in [0.25, 0.3) is 0 Å². The van der Waals surface area contributed by atoms with Crippen LogP contribution in [0.2, 0.25) is 5.02 Å². The zero-order chi connectivity index (χ0) is 14.4. The second-order valence-corrected chi connectivity index (χ2v) is 6.17. The molecule has 3 heteroatoms. The molecule has 0 aliphatic rings. The van der Waals surface area contributed by atoms with E-state index in [1.165, 1.54) is 15.6 Å². The third-order valence-corrected chi connectivity index (χ3v) is 4.34. The molecule has 106 valence electrons. The average Bonchev–Trinajstić information content (AvgIpc) is 2.44. The van der Waals surface area contributed by atoms with Gasteiger partial charge in [0.2, 0.25) is 0 Å². The van der Waals surface area contributed by atoms with Gasteiger partial charge >= 0.3 is 0 Å². The predicted octanol–water partition coefficient (Wildman–Crippen LogP) is 4.87. The number of rotatable bonds is 6. The molecule has 1 atom stereocenters. The van der Waals surface area contributed by atoms with Crippen LogP contribution in [-0.2, 0) is 12.8 Å². The fourth-order valence-corrected chi connectivity index (χ4v) is 2.91. The zero-order valence-electron chi connectivity index (χ0n) is 11.6. The molecule has 1 unspecified atom stereocenters. The first kappa shape index (κ1) is 15.6. The quantitative estimate of drug-likeness (QED) is 0.782. The van der Waals surface area contributed by atoms with Crippen molar-refractivity contribution in [3.63, 3.8) is 0 Å². The molecule has 0 fully saturated rings. The minimum Gasteiger partial charge on any atom is -0.314 e. The molecule has 0 bridgehead atoms. The highest BCUT2D eigenvalue weighted by Gasteiger charge is 2.11. The Morgan fingerprint density at radius 2 is 1.75 bits per heavy atom. The Kier molecular flexibility index (Phi) is 6.08. The van der Waals surface area contributed by atoms with E-state index in [2.05, 4.69) is 64.6 Å². The van der Waals surface area contributed by atoms with E-state index < -0.39 is 0 Å². The molecule has 1 N–H and O–H groups in total. The van der Waals surface area contributed by atoms with E-state index in [4.69, 9.17) is 11.6 Å². The van der Waals surface area contributed by atoms with Crippen LogP contribution in [0.3, 0.4) is 0 Å². The smallest absolute Gasteiger partial charge is 0.0406 e. The fraction of sp³-hybridized carbons (Fsp3) is 0.294. The summed E-state index contributed by atoms with van der Waals surface area (Å²) in [5, 5.41) is 4.36. The van der Waals surface area contributed by atoms with Crippen molar-refractivity contribution in [3.8, 4) is 0 Å². The van der Waals surface area contributed by atoms with Crippen LogP contribution in [0.25, 0.3) is 0 Å². The van der Waals surface area contributed by atoms with Crippen LogP contribution in [0.15, 0.2) is 53.0 Å². The molecular weight excluding hydrogens is 334 g/mol. The minimum absolute atomic E-state index is 0.430. The average molecular weight is 353 g/mol. The van der Waals surface area contributed by atoms with Gasteiger partial charge in [-0.05, 0) is 48.7 Å². The van der Waals surface area contributed by atoms with E-state index >= 15 is 0 Å². The maximum absolute atomic E-state index is 5.94. The first-order valence-corrected chi connectivity index (χ1v) is 8.07. The van der Waals surface area contributed by atoms with Gasteiger partial charge in [-0.25, -0.2) is 0 Å². The molecule has 2 aromatic rings. The van der Waals surface area contributed by atoms with Crippen LogP contribution in [0.1, 0.15) is 18.1 Å². The molecular formula is C17H19BrClN. The standard InChI is InChI=1S/C17H19BrClN/c1-2-20-16(11-13-7-9-15(19)10-8-13)12-14-5-3-4-6-17(14)18/h3-10,16,20H,2,11-12H2,1H3. The second kappa shape index (κ2) is 7.82. The van der Waals surface area contributed by atoms with Gasteiger partial charge in [-0.1, -0.05) is 64.8 Å². The molecule has 0 heterocycles. The molecule has 0 saturated heterocycles. The summed E-state index contributed by atoms with van der Waals surface area (Å²) in [5.74, 6) is 0. The van der Waals surface area contributed by atoms with Gasteiger partial charge in [0.05, 0.1) is 0 Å². The molecule has 20 heavy (non-hydrogen) atoms. The Morgan fingerprint density at radius 3 is 2.40 bits per heavy atom. The van der Waals surface area contributed by atoms with Crippen LogP contribution in [0.4, 0.5) is 0 Å². The van der Waals surface area contributed by atoms with Crippen molar-refractivity contribution in [2.24, 2.45) is 0 Å². The van der Waals surface area contributed by atoms with Gasteiger partial charge in [0.15, 0.2) is 0 Å². The number of halogens is 2. The molecule has 0 aliphatic heterocycles. The maximum Gasteiger partial charge on any atom is 0.0406 e. The monoisotopic (exact) mass is 351 g/mol. The normalized spacial score (nSPS) is 12.3. The van der Waals surface area contributed by atoms with E-state index in [1.54, 1.807) is 0 Å². The van der Waals surface area contributed by atoms with Gasteiger partial charge in [0.1, 0.15) is 0 Å². The molecule has 0 spiro atoms. The van der Waals surface area contributed by atoms with Crippen molar-refractivity contribution in [2.75, 3.05) is 6.54 Å². The first-order chi connectivity index (χ1) is 9.69. The lowest BCUT2D eigenvalue weighted by Crippen LogP contribution is -2.33. The Morgan fingerprint density at radius 1 is 1.05 bits per heavy atom. The zero-order valence-corrected chi connectivity index (χ0v) is 13.9. The first-order valence-electron chi connectivity index (χ1n) is 6.90. The fourth-order valence-electron chi connectivity index (χ4n) is 2.34. The summed E-state index contributed by atoms with van der Waals surface area (Å²) in [4.78, 5) is 0. The third-order valence-electron chi connectivity index (χ3n) is 3.31. The van der Waals surface area contributed by atoms with E-state index in [-0.39, 0.29) is 0 Å². The van der Waals surface area contributed by atoms with Crippen molar-refractivity contribution in [2.45, 2.75) is 25.8 Å². The van der Waals surface area contributed by atoms with Gasteiger partial charge in [-0.3, -0.25) is 0 Å². The second-order valence-electron chi connectivity index (χ2n) is 4.88. The molecule has 0 aliphatic carbocycles. The summed E-state index contributed by atoms with van der Waals surface area (Å²) in [5.41, 5.74) is 2.65. The van der Waals surface area contributed by atoms with Crippen LogP contribution in [0.5, 0.6) is 0 Å². The summed E-state index contributed by atoms with van der Waals surface area (Å²) in [7, 11) is 0. The Labute approximate surface area is 134 Å². The molecule has 0 aromatic heterocycles. The van der Waals surface area contributed by atoms with Crippen LogP contribution < -0.4 is 5.32 Å². The molecule has 0 amide bonds. The van der Waals surface area contributed by atoms with Crippen molar-refractivity contribution in [3.05, 3.63) is 69.2 Å². The maximum atomic E-state index is 5.94. The Bertz CT molecular complexity index is 539. The Hall–Kier alpha value is -0.830. The van der Waals surface area contributed by atoms with Crippen LogP contribution in [-0.4, -0.2) is 12.6 Å². The summed E-state index contributed by atoms with van der Waals surface area (Å²) in [6, 6.07) is 17.0. The lowest BCUT2D eigenvalue weighted by atomic mass is 9.99. The number of likely N-dealkylation sites (N-methyl/N-ethyl adjacent to an activating group) is 1. The lowest BCUT2D eigenvalue weighted by molar-refractivity contribution is 0.521. The topological polar surface area (TPSA) is 12.0 Å². The van der Waals surface area contributed by atoms with E-state index in [9.17, 15) is 0 Å². The van der Waals surface area contributed by atoms with Crippen LogP contribution in [0, 0.1) is 0 Å². The summed E-state index contributed by atoms with van der Waals surface area (Å²) < 4.78 is 1.18. The minimum atomic E-state index is 0.430. The molecule has 2 aromatic carbocycles. The van der Waals surface area contributed by atoms with E-state index in [0.29, 0.717) is 6.04 Å². The summed E-state index contributed by atoms with van der Waals surface area (Å²) in [6.07, 6.45) is 2.02. The number of benzene rings is 2. The van der Waals surface area contributed by atoms with Gasteiger partial charge in [-0.15, -0.1) is 0 Å². The number of nitrogens with one attached hydrogen (secondary N) is 1. The third kappa shape index (κ3) is 4.62. The Balaban J connectivity index is 2.07. The van der Waals surface area contributed by atoms with Gasteiger partial charge < -0.3 is 5.32 Å². The highest BCUT2D eigenvalue weighted by Crippen LogP contribution is 2.19. The largest absolute Gasteiger partial charge is 0.314 e. The molecule has 1 nitrogen and oxygen atoms in total. The number of hydrogen-bond donors (Lipinski definition) is 1. The predicted molar refractivity (Wildman–Crippen MR) is 90.5 cm³/mol. The molecule has 2 rings (SSSR count). The number of hydrogen-bond acceptors (Lipinski definition) is 1. The van der Waals surface area contributed by atoms with Crippen molar-refractivity contribution in [1.82, 2.24) is 5.32 Å². The van der Waals surface area contributed by atoms with E-state index in [0.717, 1.165) is 24.4 Å². The molecule has 0 saturated carbocycles.